The molecule has 0 fully saturated rings. The van der Waals surface area contributed by atoms with Gasteiger partial charge in [0.25, 0.3) is 0 Å². The molecule has 0 aliphatic carbocycles. The number of aryl methyl sites for hydroxylation is 1. The molecule has 1 aromatic rings. The topological polar surface area (TPSA) is 45.4 Å². The standard InChI is InChI=1S/C13H13F3N2OS/c1-3-20-12-6-10(5-4-9(12)2)11(7-17)18-19-8-13(14,15)16/h4-6H,3,8H2,1-2H3/b18-11+. The van der Waals surface area contributed by atoms with E-state index in [4.69, 9.17) is 5.26 Å². The average molecular weight is 302 g/mol. The first-order valence-electron chi connectivity index (χ1n) is 5.78. The number of thioether (sulfide) groups is 1. The predicted molar refractivity (Wildman–Crippen MR) is 71.7 cm³/mol. The van der Waals surface area contributed by atoms with Crippen LogP contribution < -0.4 is 0 Å². The fourth-order valence-corrected chi connectivity index (χ4v) is 2.18. The van der Waals surface area contributed by atoms with E-state index in [-0.39, 0.29) is 5.71 Å². The molecule has 3 nitrogen and oxygen atoms in total. The highest BCUT2D eigenvalue weighted by Crippen LogP contribution is 2.23. The van der Waals surface area contributed by atoms with Crippen molar-refractivity contribution in [3.63, 3.8) is 0 Å². The van der Waals surface area contributed by atoms with Crippen molar-refractivity contribution < 1.29 is 18.0 Å². The van der Waals surface area contributed by atoms with Crippen molar-refractivity contribution in [2.75, 3.05) is 12.4 Å². The second-order valence-electron chi connectivity index (χ2n) is 3.85. The normalized spacial score (nSPS) is 12.1. The van der Waals surface area contributed by atoms with Crippen LogP contribution >= 0.6 is 11.8 Å². The van der Waals surface area contributed by atoms with Crippen LogP contribution in [0.3, 0.4) is 0 Å². The summed E-state index contributed by atoms with van der Waals surface area (Å²) < 4.78 is 35.8. The van der Waals surface area contributed by atoms with Crippen LogP contribution in [-0.2, 0) is 4.84 Å². The van der Waals surface area contributed by atoms with Gasteiger partial charge in [-0.3, -0.25) is 0 Å². The summed E-state index contributed by atoms with van der Waals surface area (Å²) in [5, 5.41) is 12.2. The van der Waals surface area contributed by atoms with Gasteiger partial charge >= 0.3 is 6.18 Å². The Balaban J connectivity index is 2.93. The van der Waals surface area contributed by atoms with Gasteiger partial charge in [0.2, 0.25) is 6.61 Å². The molecule has 0 bridgehead atoms. The molecule has 0 aromatic heterocycles. The van der Waals surface area contributed by atoms with Crippen molar-refractivity contribution in [2.45, 2.75) is 24.9 Å². The van der Waals surface area contributed by atoms with Crippen LogP contribution in [0.15, 0.2) is 28.3 Å². The second-order valence-corrected chi connectivity index (χ2v) is 5.16. The molecule has 0 aliphatic rings. The maximum Gasteiger partial charge on any atom is 0.425 e. The summed E-state index contributed by atoms with van der Waals surface area (Å²) in [5.74, 6) is 0.855. The summed E-state index contributed by atoms with van der Waals surface area (Å²) >= 11 is 1.59. The highest BCUT2D eigenvalue weighted by molar-refractivity contribution is 7.99. The molecule has 0 radical (unpaired) electrons. The number of hydrogen-bond acceptors (Lipinski definition) is 4. The molecule has 1 rings (SSSR count). The Hall–Kier alpha value is -1.68. The minimum absolute atomic E-state index is 0.174. The number of nitriles is 1. The summed E-state index contributed by atoms with van der Waals surface area (Å²) in [7, 11) is 0. The van der Waals surface area contributed by atoms with Crippen LogP contribution in [-0.4, -0.2) is 24.2 Å². The third kappa shape index (κ3) is 5.13. The van der Waals surface area contributed by atoms with E-state index in [0.717, 1.165) is 16.2 Å². The number of halogens is 3. The summed E-state index contributed by atoms with van der Waals surface area (Å²) in [6.45, 7) is 2.40. The first-order valence-corrected chi connectivity index (χ1v) is 6.76. The zero-order valence-electron chi connectivity index (χ0n) is 11.0. The van der Waals surface area contributed by atoms with E-state index in [1.807, 2.05) is 13.8 Å². The summed E-state index contributed by atoms with van der Waals surface area (Å²) in [5.41, 5.74) is 1.30. The van der Waals surface area contributed by atoms with E-state index in [1.54, 1.807) is 36.0 Å². The van der Waals surface area contributed by atoms with Crippen LogP contribution in [0.1, 0.15) is 18.1 Å². The smallest absolute Gasteiger partial charge is 0.385 e. The molecule has 0 heterocycles. The molecule has 0 N–H and O–H groups in total. The molecular formula is C13H13F3N2OS. The molecular weight excluding hydrogens is 289 g/mol. The summed E-state index contributed by atoms with van der Waals surface area (Å²) in [6, 6.07) is 6.90. The molecule has 108 valence electrons. The van der Waals surface area contributed by atoms with Crippen LogP contribution in [0.2, 0.25) is 0 Å². The molecule has 0 spiro atoms. The highest BCUT2D eigenvalue weighted by Gasteiger charge is 2.28. The minimum Gasteiger partial charge on any atom is -0.385 e. The minimum atomic E-state index is -4.47. The van der Waals surface area contributed by atoms with Gasteiger partial charge in [-0.15, -0.1) is 11.8 Å². The lowest BCUT2D eigenvalue weighted by molar-refractivity contribution is -0.173. The average Bonchev–Trinajstić information content (AvgIpc) is 2.37. The van der Waals surface area contributed by atoms with Gasteiger partial charge in [-0.2, -0.15) is 18.4 Å². The third-order valence-electron chi connectivity index (χ3n) is 2.25. The zero-order chi connectivity index (χ0) is 15.2. The maximum atomic E-state index is 11.9. The molecule has 0 amide bonds. The van der Waals surface area contributed by atoms with Crippen molar-refractivity contribution >= 4 is 17.5 Å². The fraction of sp³-hybridized carbons (Fsp3) is 0.385. The third-order valence-corrected chi connectivity index (χ3v) is 3.29. The van der Waals surface area contributed by atoms with Crippen LogP contribution in [0.4, 0.5) is 13.2 Å². The van der Waals surface area contributed by atoms with E-state index >= 15 is 0 Å². The number of hydrogen-bond donors (Lipinski definition) is 0. The number of nitrogens with zero attached hydrogens (tertiary/aromatic N) is 2. The van der Waals surface area contributed by atoms with Gasteiger partial charge in [0, 0.05) is 10.5 Å². The SMILES string of the molecule is CCSc1cc(/C(C#N)=N/OCC(F)(F)F)ccc1C. The molecule has 7 heteroatoms. The van der Waals surface area contributed by atoms with E-state index < -0.39 is 12.8 Å². The van der Waals surface area contributed by atoms with Gasteiger partial charge in [-0.25, -0.2) is 0 Å². The highest BCUT2D eigenvalue weighted by atomic mass is 32.2. The van der Waals surface area contributed by atoms with Gasteiger partial charge in [0.1, 0.15) is 6.07 Å². The molecule has 20 heavy (non-hydrogen) atoms. The van der Waals surface area contributed by atoms with Crippen LogP contribution in [0.5, 0.6) is 0 Å². The summed E-state index contributed by atoms with van der Waals surface area (Å²) in [4.78, 5) is 5.13. The van der Waals surface area contributed by atoms with Gasteiger partial charge in [-0.05, 0) is 24.3 Å². The first-order chi connectivity index (χ1) is 9.37. The Morgan fingerprint density at radius 1 is 1.45 bits per heavy atom. The lowest BCUT2D eigenvalue weighted by atomic mass is 10.1. The van der Waals surface area contributed by atoms with Gasteiger partial charge in [0.05, 0.1) is 0 Å². The van der Waals surface area contributed by atoms with Gasteiger partial charge in [-0.1, -0.05) is 24.2 Å². The molecule has 0 unspecified atom stereocenters. The lowest BCUT2D eigenvalue weighted by Gasteiger charge is -2.07. The van der Waals surface area contributed by atoms with Gasteiger partial charge in [0.15, 0.2) is 5.71 Å². The van der Waals surface area contributed by atoms with E-state index in [1.165, 1.54) is 0 Å². The first kappa shape index (κ1) is 16.4. The van der Waals surface area contributed by atoms with Crippen molar-refractivity contribution in [1.29, 1.82) is 5.26 Å². The largest absolute Gasteiger partial charge is 0.425 e. The fourth-order valence-electron chi connectivity index (χ4n) is 1.37. The van der Waals surface area contributed by atoms with Gasteiger partial charge < -0.3 is 4.84 Å². The van der Waals surface area contributed by atoms with Crippen LogP contribution in [0.25, 0.3) is 0 Å². The zero-order valence-corrected chi connectivity index (χ0v) is 11.8. The van der Waals surface area contributed by atoms with Crippen molar-refractivity contribution in [2.24, 2.45) is 5.16 Å². The van der Waals surface area contributed by atoms with Crippen LogP contribution in [0, 0.1) is 18.3 Å². The Kier molecular flexibility index (Phi) is 5.89. The number of benzene rings is 1. The van der Waals surface area contributed by atoms with Crippen molar-refractivity contribution in [3.8, 4) is 6.07 Å². The number of rotatable bonds is 5. The maximum absolute atomic E-state index is 11.9. The summed E-state index contributed by atoms with van der Waals surface area (Å²) in [6.07, 6.45) is -4.47. The molecule has 0 atom stereocenters. The molecule has 0 saturated heterocycles. The Labute approximate surface area is 119 Å². The Morgan fingerprint density at radius 2 is 2.15 bits per heavy atom. The quantitative estimate of drug-likeness (QED) is 0.470. The van der Waals surface area contributed by atoms with Crippen molar-refractivity contribution in [1.82, 2.24) is 0 Å². The van der Waals surface area contributed by atoms with Crippen molar-refractivity contribution in [3.05, 3.63) is 29.3 Å². The Bertz CT molecular complexity index is 535. The van der Waals surface area contributed by atoms with E-state index in [9.17, 15) is 13.2 Å². The molecule has 0 aliphatic heterocycles. The second kappa shape index (κ2) is 7.20. The lowest BCUT2D eigenvalue weighted by Crippen LogP contribution is -2.15. The van der Waals surface area contributed by atoms with E-state index in [2.05, 4.69) is 9.99 Å². The predicted octanol–water partition coefficient (Wildman–Crippen LogP) is 3.91. The number of oxime groups is 1. The molecule has 1 aromatic carbocycles. The Morgan fingerprint density at radius 3 is 2.70 bits per heavy atom. The van der Waals surface area contributed by atoms with E-state index in [0.29, 0.717) is 5.56 Å². The molecule has 0 saturated carbocycles. The monoisotopic (exact) mass is 302 g/mol. The number of alkyl halides is 3.